The van der Waals surface area contributed by atoms with Crippen LogP contribution in [0.25, 0.3) is 0 Å². The maximum absolute atomic E-state index is 12.2. The van der Waals surface area contributed by atoms with Crippen molar-refractivity contribution >= 4 is 39.7 Å². The van der Waals surface area contributed by atoms with Crippen molar-refractivity contribution in [3.8, 4) is 17.2 Å². The normalized spacial score (nSPS) is 10.9. The quantitative estimate of drug-likeness (QED) is 0.183. The number of carbonyl (C=O) groups excluding carboxylic acids is 1. The van der Waals surface area contributed by atoms with Gasteiger partial charge < -0.3 is 19.9 Å². The molecule has 0 unspecified atom stereocenters. The first-order valence-corrected chi connectivity index (χ1v) is 11.7. The molecule has 3 aromatic rings. The molecule has 178 valence electrons. The summed E-state index contributed by atoms with van der Waals surface area (Å²) in [5.41, 5.74) is 4.71. The number of hydrogen-bond acceptors (Lipinski definition) is 6. The van der Waals surface area contributed by atoms with Crippen LogP contribution < -0.4 is 20.2 Å². The lowest BCUT2D eigenvalue weighted by Gasteiger charge is -2.12. The molecule has 7 nitrogen and oxygen atoms in total. The predicted octanol–water partition coefficient (Wildman–Crippen LogP) is 4.79. The Hall–Kier alpha value is -3.07. The van der Waals surface area contributed by atoms with Crippen molar-refractivity contribution in [3.63, 3.8) is 0 Å². The predicted molar refractivity (Wildman–Crippen MR) is 137 cm³/mol. The number of nitrogens with zero attached hydrogens (tertiary/aromatic N) is 1. The topological polar surface area (TPSA) is 92.2 Å². The molecular weight excluding hydrogens is 522 g/mol. The summed E-state index contributed by atoms with van der Waals surface area (Å²) in [4.78, 5) is 12.2. The molecule has 0 bridgehead atoms. The Morgan fingerprint density at radius 3 is 2.62 bits per heavy atom. The van der Waals surface area contributed by atoms with Crippen molar-refractivity contribution < 1.29 is 19.4 Å². The number of hydrogen-bond donors (Lipinski definition) is 3. The molecule has 0 atom stereocenters. The molecule has 0 heterocycles. The largest absolute Gasteiger partial charge is 0.506 e. The van der Waals surface area contributed by atoms with Gasteiger partial charge in [-0.1, -0.05) is 39.7 Å². The monoisotopic (exact) mass is 545 g/mol. The summed E-state index contributed by atoms with van der Waals surface area (Å²) in [5, 5.41) is 16.9. The van der Waals surface area contributed by atoms with Gasteiger partial charge in [-0.3, -0.25) is 4.79 Å². The number of nitrogens with one attached hydrogen (secondary N) is 2. The first-order chi connectivity index (χ1) is 16.5. The molecule has 0 fully saturated rings. The number of amides is 1. The van der Waals surface area contributed by atoms with Crippen molar-refractivity contribution in [1.82, 2.24) is 10.7 Å². The molecule has 0 aliphatic heterocycles. The second-order valence-corrected chi connectivity index (χ2v) is 8.57. The van der Waals surface area contributed by atoms with E-state index in [1.54, 1.807) is 25.3 Å². The second kappa shape index (κ2) is 13.0. The summed E-state index contributed by atoms with van der Waals surface area (Å²) in [6, 6.07) is 17.8. The van der Waals surface area contributed by atoms with E-state index < -0.39 is 5.91 Å². The summed E-state index contributed by atoms with van der Waals surface area (Å²) >= 11 is 9.28. The molecular formula is C25H25BrClN3O4. The molecule has 3 N–H and O–H groups in total. The fourth-order valence-electron chi connectivity index (χ4n) is 3.01. The number of phenols is 1. The van der Waals surface area contributed by atoms with E-state index in [0.29, 0.717) is 24.7 Å². The van der Waals surface area contributed by atoms with Gasteiger partial charge >= 0.3 is 0 Å². The molecule has 0 aliphatic rings. The summed E-state index contributed by atoms with van der Waals surface area (Å²) < 4.78 is 12.3. The zero-order chi connectivity index (χ0) is 24.3. The minimum absolute atomic E-state index is 0.0905. The molecule has 0 spiro atoms. The molecule has 34 heavy (non-hydrogen) atoms. The van der Waals surface area contributed by atoms with E-state index >= 15 is 0 Å². The molecule has 1 amide bonds. The van der Waals surface area contributed by atoms with Crippen LogP contribution in [0.1, 0.15) is 21.5 Å². The summed E-state index contributed by atoms with van der Waals surface area (Å²) in [5.74, 6) is 0.650. The van der Waals surface area contributed by atoms with Gasteiger partial charge in [0.05, 0.1) is 18.3 Å². The smallest absolute Gasteiger partial charge is 0.271 e. The van der Waals surface area contributed by atoms with Gasteiger partial charge in [0.2, 0.25) is 0 Å². The van der Waals surface area contributed by atoms with Crippen molar-refractivity contribution in [1.29, 1.82) is 0 Å². The number of halogens is 2. The van der Waals surface area contributed by atoms with Crippen LogP contribution >= 0.6 is 27.5 Å². The van der Waals surface area contributed by atoms with Crippen LogP contribution in [0.5, 0.6) is 17.2 Å². The van der Waals surface area contributed by atoms with Gasteiger partial charge in [0.15, 0.2) is 11.5 Å². The number of hydrazone groups is 1. The Morgan fingerprint density at radius 2 is 1.88 bits per heavy atom. The van der Waals surface area contributed by atoms with E-state index in [9.17, 15) is 9.90 Å². The third-order valence-electron chi connectivity index (χ3n) is 4.82. The summed E-state index contributed by atoms with van der Waals surface area (Å²) in [6.45, 7) is 2.00. The van der Waals surface area contributed by atoms with Crippen molar-refractivity contribution in [2.24, 2.45) is 5.10 Å². The van der Waals surface area contributed by atoms with E-state index in [0.717, 1.165) is 23.0 Å². The maximum atomic E-state index is 12.2. The average molecular weight is 547 g/mol. The number of rotatable bonds is 11. The van der Waals surface area contributed by atoms with Gasteiger partial charge in [0.25, 0.3) is 5.91 Å². The van der Waals surface area contributed by atoms with Crippen molar-refractivity contribution in [2.75, 3.05) is 26.8 Å². The minimum atomic E-state index is -0.447. The van der Waals surface area contributed by atoms with Gasteiger partial charge in [-0.15, -0.1) is 0 Å². The van der Waals surface area contributed by atoms with Gasteiger partial charge in [-0.25, -0.2) is 5.43 Å². The Morgan fingerprint density at radius 1 is 1.09 bits per heavy atom. The Kier molecular flexibility index (Phi) is 9.75. The fraction of sp³-hybridized carbons (Fsp3) is 0.200. The number of phenolic OH excluding ortho intramolecular Hbond substituents is 1. The lowest BCUT2D eigenvalue weighted by atomic mass is 10.1. The highest BCUT2D eigenvalue weighted by Crippen LogP contribution is 2.27. The standard InChI is InChI=1S/C25H25BrClN3O4/c1-33-23-9-4-18(16-29-30-25(32)19-5-8-22(31)21(27)15-19)14-24(23)34-13-12-28-11-10-17-2-6-20(26)7-3-17/h2-9,14-16,28,31H,10-13H2,1H3,(H,30,32)/b29-16+. The zero-order valence-corrected chi connectivity index (χ0v) is 20.9. The average Bonchev–Trinajstić information content (AvgIpc) is 2.84. The number of aromatic hydroxyl groups is 1. The van der Waals surface area contributed by atoms with Gasteiger partial charge in [0, 0.05) is 16.6 Å². The SMILES string of the molecule is COc1ccc(/C=N/NC(=O)c2ccc(O)c(Cl)c2)cc1OCCNCCc1ccc(Br)cc1. The Bertz CT molecular complexity index is 1140. The van der Waals surface area contributed by atoms with Crippen LogP contribution in [0.15, 0.2) is 70.2 Å². The van der Waals surface area contributed by atoms with E-state index in [-0.39, 0.29) is 16.3 Å². The molecule has 0 saturated heterocycles. The highest BCUT2D eigenvalue weighted by Gasteiger charge is 2.08. The molecule has 0 radical (unpaired) electrons. The second-order valence-electron chi connectivity index (χ2n) is 7.25. The molecule has 0 aliphatic carbocycles. The summed E-state index contributed by atoms with van der Waals surface area (Å²) in [6.07, 6.45) is 2.44. The molecule has 0 aromatic heterocycles. The van der Waals surface area contributed by atoms with Crippen molar-refractivity contribution in [2.45, 2.75) is 6.42 Å². The maximum Gasteiger partial charge on any atom is 0.271 e. The Balaban J connectivity index is 1.47. The van der Waals surface area contributed by atoms with Crippen LogP contribution in [-0.4, -0.2) is 44.0 Å². The fourth-order valence-corrected chi connectivity index (χ4v) is 3.45. The van der Waals surface area contributed by atoms with Crippen LogP contribution in [0, 0.1) is 0 Å². The molecule has 0 saturated carbocycles. The zero-order valence-electron chi connectivity index (χ0n) is 18.6. The van der Waals surface area contributed by atoms with Crippen LogP contribution in [0.4, 0.5) is 0 Å². The van der Waals surface area contributed by atoms with Crippen LogP contribution in [-0.2, 0) is 6.42 Å². The Labute approximate surface area is 211 Å². The van der Waals surface area contributed by atoms with Gasteiger partial charge in [0.1, 0.15) is 12.4 Å². The van der Waals surface area contributed by atoms with Crippen molar-refractivity contribution in [3.05, 3.63) is 86.8 Å². The minimum Gasteiger partial charge on any atom is -0.506 e. The number of carbonyl (C=O) groups is 1. The highest BCUT2D eigenvalue weighted by molar-refractivity contribution is 9.10. The first-order valence-electron chi connectivity index (χ1n) is 10.5. The van der Waals surface area contributed by atoms with Crippen LogP contribution in [0.2, 0.25) is 5.02 Å². The number of benzene rings is 3. The molecule has 3 rings (SSSR count). The highest BCUT2D eigenvalue weighted by atomic mass is 79.9. The third-order valence-corrected chi connectivity index (χ3v) is 5.65. The third kappa shape index (κ3) is 7.76. The lowest BCUT2D eigenvalue weighted by molar-refractivity contribution is 0.0955. The van der Waals surface area contributed by atoms with E-state index in [4.69, 9.17) is 21.1 Å². The van der Waals surface area contributed by atoms with E-state index in [1.165, 1.54) is 30.0 Å². The molecule has 9 heteroatoms. The number of methoxy groups -OCH3 is 1. The number of ether oxygens (including phenoxy) is 2. The summed E-state index contributed by atoms with van der Waals surface area (Å²) in [7, 11) is 1.58. The van der Waals surface area contributed by atoms with Crippen LogP contribution in [0.3, 0.4) is 0 Å². The molecule has 3 aromatic carbocycles. The first kappa shape index (κ1) is 25.6. The lowest BCUT2D eigenvalue weighted by Crippen LogP contribution is -2.23. The van der Waals surface area contributed by atoms with E-state index in [2.05, 4.69) is 43.9 Å². The van der Waals surface area contributed by atoms with Gasteiger partial charge in [-0.05, 0) is 72.6 Å². The van der Waals surface area contributed by atoms with E-state index in [1.807, 2.05) is 12.1 Å². The van der Waals surface area contributed by atoms with Gasteiger partial charge in [-0.2, -0.15) is 5.10 Å².